The molecule has 0 fully saturated rings. The highest BCUT2D eigenvalue weighted by Gasteiger charge is 2.26. The first-order valence-electron chi connectivity index (χ1n) is 6.46. The highest BCUT2D eigenvalue weighted by molar-refractivity contribution is 5.98. The Bertz CT molecular complexity index is 487. The lowest BCUT2D eigenvalue weighted by atomic mass is 10.0. The van der Waals surface area contributed by atoms with E-state index in [9.17, 15) is 9.59 Å². The standard InChI is InChI=1S/C14H18N2O3/c15-11(7-8-13(17)18)14(19)16-9-3-5-10-4-1-2-6-12(10)16/h1-2,4,6,11H,3,5,7-9,15H2,(H,17,18). The molecule has 102 valence electrons. The SMILES string of the molecule is NC(CCC(=O)O)C(=O)N1CCCc2ccccc21. The summed E-state index contributed by atoms with van der Waals surface area (Å²) in [6.07, 6.45) is 1.97. The van der Waals surface area contributed by atoms with Crippen LogP contribution in [0.1, 0.15) is 24.8 Å². The quantitative estimate of drug-likeness (QED) is 0.852. The molecule has 5 nitrogen and oxygen atoms in total. The second-order valence-electron chi connectivity index (χ2n) is 4.76. The molecule has 5 heteroatoms. The number of amides is 1. The average molecular weight is 262 g/mol. The number of hydrogen-bond donors (Lipinski definition) is 2. The number of aliphatic carboxylic acids is 1. The average Bonchev–Trinajstić information content (AvgIpc) is 2.43. The van der Waals surface area contributed by atoms with E-state index in [1.807, 2.05) is 24.3 Å². The molecule has 2 rings (SSSR count). The predicted molar refractivity (Wildman–Crippen MR) is 72.0 cm³/mol. The summed E-state index contributed by atoms with van der Waals surface area (Å²) in [4.78, 5) is 24.5. The van der Waals surface area contributed by atoms with Gasteiger partial charge in [-0.25, -0.2) is 0 Å². The topological polar surface area (TPSA) is 83.6 Å². The first kappa shape index (κ1) is 13.5. The second kappa shape index (κ2) is 5.84. The van der Waals surface area contributed by atoms with E-state index in [0.29, 0.717) is 6.54 Å². The van der Waals surface area contributed by atoms with Crippen LogP contribution in [-0.4, -0.2) is 29.6 Å². The molecule has 1 aromatic carbocycles. The van der Waals surface area contributed by atoms with Crippen LogP contribution in [0.15, 0.2) is 24.3 Å². The van der Waals surface area contributed by atoms with Crippen molar-refractivity contribution in [3.63, 3.8) is 0 Å². The van der Waals surface area contributed by atoms with Crippen molar-refractivity contribution in [2.75, 3.05) is 11.4 Å². The van der Waals surface area contributed by atoms with Crippen molar-refractivity contribution in [1.82, 2.24) is 0 Å². The monoisotopic (exact) mass is 262 g/mol. The number of fused-ring (bicyclic) bond motifs is 1. The molecule has 1 unspecified atom stereocenters. The summed E-state index contributed by atoms with van der Waals surface area (Å²) in [5, 5.41) is 8.63. The number of aryl methyl sites for hydroxylation is 1. The van der Waals surface area contributed by atoms with E-state index in [2.05, 4.69) is 0 Å². The van der Waals surface area contributed by atoms with Gasteiger partial charge in [0.05, 0.1) is 6.04 Å². The zero-order valence-electron chi connectivity index (χ0n) is 10.7. The van der Waals surface area contributed by atoms with Crippen molar-refractivity contribution < 1.29 is 14.7 Å². The second-order valence-corrected chi connectivity index (χ2v) is 4.76. The van der Waals surface area contributed by atoms with Crippen LogP contribution in [-0.2, 0) is 16.0 Å². The van der Waals surface area contributed by atoms with E-state index in [1.54, 1.807) is 4.90 Å². The van der Waals surface area contributed by atoms with Crippen molar-refractivity contribution in [1.29, 1.82) is 0 Å². The van der Waals surface area contributed by atoms with E-state index < -0.39 is 12.0 Å². The van der Waals surface area contributed by atoms with Gasteiger partial charge < -0.3 is 15.7 Å². The van der Waals surface area contributed by atoms with Gasteiger partial charge in [-0.1, -0.05) is 18.2 Å². The number of benzene rings is 1. The number of nitrogens with zero attached hydrogens (tertiary/aromatic N) is 1. The highest BCUT2D eigenvalue weighted by atomic mass is 16.4. The molecule has 1 aliphatic heterocycles. The Balaban J connectivity index is 2.10. The summed E-state index contributed by atoms with van der Waals surface area (Å²) in [5.74, 6) is -1.12. The molecule has 1 aliphatic rings. The van der Waals surface area contributed by atoms with Gasteiger partial charge in [0.25, 0.3) is 0 Å². The van der Waals surface area contributed by atoms with Crippen LogP contribution in [0.5, 0.6) is 0 Å². The van der Waals surface area contributed by atoms with Gasteiger partial charge in [-0.05, 0) is 30.9 Å². The van der Waals surface area contributed by atoms with Gasteiger partial charge in [-0.15, -0.1) is 0 Å². The third-order valence-electron chi connectivity index (χ3n) is 3.36. The number of nitrogens with two attached hydrogens (primary N) is 1. The summed E-state index contributed by atoms with van der Waals surface area (Å²) < 4.78 is 0. The van der Waals surface area contributed by atoms with Crippen LogP contribution in [0.25, 0.3) is 0 Å². The Labute approximate surface area is 112 Å². The number of hydrogen-bond acceptors (Lipinski definition) is 3. The first-order valence-corrected chi connectivity index (χ1v) is 6.46. The van der Waals surface area contributed by atoms with Gasteiger partial charge in [0.1, 0.15) is 0 Å². The molecule has 19 heavy (non-hydrogen) atoms. The van der Waals surface area contributed by atoms with Gasteiger partial charge >= 0.3 is 5.97 Å². The van der Waals surface area contributed by atoms with Crippen LogP contribution in [0.3, 0.4) is 0 Å². The lowest BCUT2D eigenvalue weighted by molar-refractivity contribution is -0.137. The molecule has 1 amide bonds. The van der Waals surface area contributed by atoms with Crippen LogP contribution in [0, 0.1) is 0 Å². The summed E-state index contributed by atoms with van der Waals surface area (Å²) in [6, 6.07) is 7.03. The Morgan fingerprint density at radius 2 is 2.11 bits per heavy atom. The molecule has 0 aromatic heterocycles. The molecular formula is C14H18N2O3. The maximum atomic E-state index is 12.3. The van der Waals surface area contributed by atoms with Crippen LogP contribution in [0.4, 0.5) is 5.69 Å². The molecule has 0 spiro atoms. The van der Waals surface area contributed by atoms with Gasteiger partial charge in [0.15, 0.2) is 0 Å². The smallest absolute Gasteiger partial charge is 0.303 e. The van der Waals surface area contributed by atoms with Gasteiger partial charge in [0, 0.05) is 18.7 Å². The molecule has 1 heterocycles. The van der Waals surface area contributed by atoms with E-state index in [1.165, 1.54) is 0 Å². The Hall–Kier alpha value is -1.88. The summed E-state index contributed by atoms with van der Waals surface area (Å²) >= 11 is 0. The molecule has 0 bridgehead atoms. The Kier molecular flexibility index (Phi) is 4.16. The lowest BCUT2D eigenvalue weighted by Gasteiger charge is -2.31. The third kappa shape index (κ3) is 3.12. The molecular weight excluding hydrogens is 244 g/mol. The van der Waals surface area contributed by atoms with E-state index in [0.717, 1.165) is 24.1 Å². The highest BCUT2D eigenvalue weighted by Crippen LogP contribution is 2.27. The minimum Gasteiger partial charge on any atom is -0.481 e. The molecule has 0 saturated carbocycles. The number of carboxylic acids is 1. The third-order valence-corrected chi connectivity index (χ3v) is 3.36. The van der Waals surface area contributed by atoms with E-state index in [-0.39, 0.29) is 18.7 Å². The van der Waals surface area contributed by atoms with Crippen molar-refractivity contribution in [2.45, 2.75) is 31.7 Å². The van der Waals surface area contributed by atoms with Crippen molar-refractivity contribution >= 4 is 17.6 Å². The summed E-state index contributed by atoms with van der Waals surface area (Å²) in [6.45, 7) is 0.649. The molecule has 1 aromatic rings. The minimum absolute atomic E-state index is 0.0810. The lowest BCUT2D eigenvalue weighted by Crippen LogP contribution is -2.46. The molecule has 0 aliphatic carbocycles. The summed E-state index contributed by atoms with van der Waals surface area (Å²) in [7, 11) is 0. The van der Waals surface area contributed by atoms with Crippen molar-refractivity contribution in [2.24, 2.45) is 5.73 Å². The maximum absolute atomic E-state index is 12.3. The molecule has 0 saturated heterocycles. The number of carbonyl (C=O) groups excluding carboxylic acids is 1. The predicted octanol–water partition coefficient (Wildman–Crippen LogP) is 1.16. The van der Waals surface area contributed by atoms with E-state index >= 15 is 0 Å². The number of carboxylic acid groups (broad SMARTS) is 1. The van der Waals surface area contributed by atoms with Gasteiger partial charge in [0.2, 0.25) is 5.91 Å². The largest absolute Gasteiger partial charge is 0.481 e. The number of rotatable bonds is 4. The van der Waals surface area contributed by atoms with Crippen molar-refractivity contribution in [3.05, 3.63) is 29.8 Å². The van der Waals surface area contributed by atoms with Crippen LogP contribution >= 0.6 is 0 Å². The van der Waals surface area contributed by atoms with E-state index in [4.69, 9.17) is 10.8 Å². The van der Waals surface area contributed by atoms with Crippen LogP contribution < -0.4 is 10.6 Å². The zero-order chi connectivity index (χ0) is 13.8. The Morgan fingerprint density at radius 3 is 2.84 bits per heavy atom. The molecule has 3 N–H and O–H groups in total. The molecule has 1 atom stereocenters. The van der Waals surface area contributed by atoms with Gasteiger partial charge in [-0.2, -0.15) is 0 Å². The number of anilines is 1. The first-order chi connectivity index (χ1) is 9.09. The fourth-order valence-electron chi connectivity index (χ4n) is 2.37. The minimum atomic E-state index is -0.928. The fraction of sp³-hybridized carbons (Fsp3) is 0.429. The van der Waals surface area contributed by atoms with Crippen LogP contribution in [0.2, 0.25) is 0 Å². The number of carbonyl (C=O) groups is 2. The fourth-order valence-corrected chi connectivity index (χ4v) is 2.37. The zero-order valence-corrected chi connectivity index (χ0v) is 10.7. The Morgan fingerprint density at radius 1 is 1.37 bits per heavy atom. The maximum Gasteiger partial charge on any atom is 0.303 e. The van der Waals surface area contributed by atoms with Gasteiger partial charge in [-0.3, -0.25) is 9.59 Å². The normalized spacial score (nSPS) is 15.7. The summed E-state index contributed by atoms with van der Waals surface area (Å²) in [5.41, 5.74) is 7.85. The van der Waals surface area contributed by atoms with Crippen molar-refractivity contribution in [3.8, 4) is 0 Å². The number of para-hydroxylation sites is 1. The molecule has 0 radical (unpaired) electrons.